The maximum absolute atomic E-state index is 13.5. The summed E-state index contributed by atoms with van der Waals surface area (Å²) in [5.41, 5.74) is 2.78. The quantitative estimate of drug-likeness (QED) is 0.879. The number of aryl methyl sites for hydroxylation is 2. The number of piperidine rings is 1. The van der Waals surface area contributed by atoms with Gasteiger partial charge in [0.25, 0.3) is 5.91 Å². The number of nitrogens with one attached hydrogen (secondary N) is 1. The van der Waals surface area contributed by atoms with Crippen molar-refractivity contribution in [1.29, 1.82) is 0 Å². The molecular formula is C21H25FN4O2. The summed E-state index contributed by atoms with van der Waals surface area (Å²) in [7, 11) is 1.61. The molecule has 1 atom stereocenters. The Labute approximate surface area is 164 Å². The van der Waals surface area contributed by atoms with Gasteiger partial charge < -0.3 is 10.2 Å². The predicted molar refractivity (Wildman–Crippen MR) is 104 cm³/mol. The van der Waals surface area contributed by atoms with E-state index in [-0.39, 0.29) is 24.2 Å². The molecule has 0 bridgehead atoms. The Bertz CT molecular complexity index is 877. The molecule has 2 amide bonds. The zero-order chi connectivity index (χ0) is 20.3. The van der Waals surface area contributed by atoms with Crippen molar-refractivity contribution in [2.75, 3.05) is 20.1 Å². The number of hydrogen-bond donors (Lipinski definition) is 1. The lowest BCUT2D eigenvalue weighted by Gasteiger charge is -2.32. The SMILES string of the molecule is CNC(=O)Cc1c(C)nc(C2CCCN(C(=O)c3cccc(F)c3)C2)nc1C. The van der Waals surface area contributed by atoms with Crippen LogP contribution in [0.25, 0.3) is 0 Å². The Morgan fingerprint density at radius 2 is 1.96 bits per heavy atom. The molecule has 0 saturated carbocycles. The van der Waals surface area contributed by atoms with Gasteiger partial charge in [-0.2, -0.15) is 0 Å². The van der Waals surface area contributed by atoms with Crippen molar-refractivity contribution >= 4 is 11.8 Å². The molecule has 6 nitrogen and oxygen atoms in total. The van der Waals surface area contributed by atoms with Crippen LogP contribution in [0.15, 0.2) is 24.3 Å². The lowest BCUT2D eigenvalue weighted by atomic mass is 9.95. The topological polar surface area (TPSA) is 75.2 Å². The second kappa shape index (κ2) is 8.46. The van der Waals surface area contributed by atoms with Gasteiger partial charge in [-0.15, -0.1) is 0 Å². The molecule has 3 rings (SSSR count). The van der Waals surface area contributed by atoms with Crippen LogP contribution in [0.4, 0.5) is 4.39 Å². The highest BCUT2D eigenvalue weighted by atomic mass is 19.1. The monoisotopic (exact) mass is 384 g/mol. The van der Waals surface area contributed by atoms with Crippen LogP contribution in [0, 0.1) is 19.7 Å². The first-order valence-electron chi connectivity index (χ1n) is 9.48. The van der Waals surface area contributed by atoms with Gasteiger partial charge in [-0.05, 0) is 44.9 Å². The van der Waals surface area contributed by atoms with Crippen LogP contribution >= 0.6 is 0 Å². The molecule has 0 spiro atoms. The number of rotatable bonds is 4. The molecule has 1 aliphatic heterocycles. The van der Waals surface area contributed by atoms with E-state index >= 15 is 0 Å². The molecule has 1 fully saturated rings. The third-order valence-corrected chi connectivity index (χ3v) is 5.20. The number of nitrogens with zero attached hydrogens (tertiary/aromatic N) is 3. The zero-order valence-electron chi connectivity index (χ0n) is 16.5. The van der Waals surface area contributed by atoms with Crippen LogP contribution in [-0.2, 0) is 11.2 Å². The van der Waals surface area contributed by atoms with E-state index in [2.05, 4.69) is 15.3 Å². The van der Waals surface area contributed by atoms with Gasteiger partial charge in [0, 0.05) is 48.6 Å². The largest absolute Gasteiger partial charge is 0.359 e. The fourth-order valence-corrected chi connectivity index (χ4v) is 3.63. The fraction of sp³-hybridized carbons (Fsp3) is 0.429. The number of carbonyl (C=O) groups excluding carboxylic acids is 2. The van der Waals surface area contributed by atoms with Gasteiger partial charge in [-0.3, -0.25) is 9.59 Å². The summed E-state index contributed by atoms with van der Waals surface area (Å²) >= 11 is 0. The van der Waals surface area contributed by atoms with E-state index in [0.29, 0.717) is 24.5 Å². The maximum atomic E-state index is 13.5. The number of likely N-dealkylation sites (N-methyl/N-ethyl adjacent to an activating group) is 1. The first-order valence-corrected chi connectivity index (χ1v) is 9.48. The highest BCUT2D eigenvalue weighted by Crippen LogP contribution is 2.27. The normalized spacial score (nSPS) is 16.7. The number of benzene rings is 1. The molecule has 0 radical (unpaired) electrons. The minimum atomic E-state index is -0.416. The summed E-state index contributed by atoms with van der Waals surface area (Å²) in [6.45, 7) is 4.91. The van der Waals surface area contributed by atoms with Gasteiger partial charge in [0.15, 0.2) is 0 Å². The number of likely N-dealkylation sites (tertiary alicyclic amines) is 1. The second-order valence-corrected chi connectivity index (χ2v) is 7.18. The smallest absolute Gasteiger partial charge is 0.253 e. The van der Waals surface area contributed by atoms with Crippen molar-refractivity contribution < 1.29 is 14.0 Å². The molecule has 1 N–H and O–H groups in total. The summed E-state index contributed by atoms with van der Waals surface area (Å²) < 4.78 is 13.5. The molecule has 0 aliphatic carbocycles. The Kier molecular flexibility index (Phi) is 6.02. The first-order chi connectivity index (χ1) is 13.4. The minimum absolute atomic E-state index is 0.0257. The van der Waals surface area contributed by atoms with E-state index in [0.717, 1.165) is 29.8 Å². The van der Waals surface area contributed by atoms with Crippen molar-refractivity contribution in [1.82, 2.24) is 20.2 Å². The Morgan fingerprint density at radius 1 is 1.25 bits per heavy atom. The van der Waals surface area contributed by atoms with Gasteiger partial charge >= 0.3 is 0 Å². The molecule has 7 heteroatoms. The summed E-state index contributed by atoms with van der Waals surface area (Å²) in [5, 5.41) is 2.62. The number of halogens is 1. The van der Waals surface area contributed by atoms with Crippen molar-refractivity contribution in [2.24, 2.45) is 0 Å². The molecule has 1 saturated heterocycles. The van der Waals surface area contributed by atoms with E-state index < -0.39 is 5.82 Å². The van der Waals surface area contributed by atoms with Crippen molar-refractivity contribution in [3.63, 3.8) is 0 Å². The average molecular weight is 384 g/mol. The Hall–Kier alpha value is -2.83. The molecule has 148 valence electrons. The number of carbonyl (C=O) groups is 2. The minimum Gasteiger partial charge on any atom is -0.359 e. The molecule has 2 aromatic rings. The lowest BCUT2D eigenvalue weighted by Crippen LogP contribution is -2.39. The summed E-state index contributed by atoms with van der Waals surface area (Å²) in [6, 6.07) is 5.78. The van der Waals surface area contributed by atoms with E-state index in [1.54, 1.807) is 24.1 Å². The van der Waals surface area contributed by atoms with Crippen LogP contribution < -0.4 is 5.32 Å². The predicted octanol–water partition coefficient (Wildman–Crippen LogP) is 2.54. The third-order valence-electron chi connectivity index (χ3n) is 5.20. The van der Waals surface area contributed by atoms with Crippen LogP contribution in [-0.4, -0.2) is 46.8 Å². The highest BCUT2D eigenvalue weighted by molar-refractivity contribution is 5.94. The van der Waals surface area contributed by atoms with Gasteiger partial charge in [0.1, 0.15) is 11.6 Å². The van der Waals surface area contributed by atoms with E-state index in [1.807, 2.05) is 13.8 Å². The van der Waals surface area contributed by atoms with Crippen LogP contribution in [0.3, 0.4) is 0 Å². The molecule has 1 aliphatic rings. The van der Waals surface area contributed by atoms with Gasteiger partial charge in [0.05, 0.1) is 6.42 Å². The third kappa shape index (κ3) is 4.35. The van der Waals surface area contributed by atoms with Crippen molar-refractivity contribution in [2.45, 2.75) is 39.0 Å². The summed E-state index contributed by atoms with van der Waals surface area (Å²) in [5.74, 6) is 0.0618. The highest BCUT2D eigenvalue weighted by Gasteiger charge is 2.28. The molecule has 1 unspecified atom stereocenters. The molecule has 1 aromatic carbocycles. The molecule has 28 heavy (non-hydrogen) atoms. The standard InChI is InChI=1S/C21H25FN4O2/c1-13-18(11-19(27)23-3)14(2)25-20(24-13)16-7-5-9-26(12-16)21(28)15-6-4-8-17(22)10-15/h4,6,8,10,16H,5,7,9,11-12H2,1-3H3,(H,23,27). The first kappa shape index (κ1) is 19.9. The molecule has 2 heterocycles. The zero-order valence-corrected chi connectivity index (χ0v) is 16.5. The number of hydrogen-bond acceptors (Lipinski definition) is 4. The second-order valence-electron chi connectivity index (χ2n) is 7.18. The van der Waals surface area contributed by atoms with Gasteiger partial charge in [-0.25, -0.2) is 14.4 Å². The molecular weight excluding hydrogens is 359 g/mol. The number of amides is 2. The Balaban J connectivity index is 1.79. The van der Waals surface area contributed by atoms with Crippen LogP contribution in [0.5, 0.6) is 0 Å². The van der Waals surface area contributed by atoms with E-state index in [4.69, 9.17) is 0 Å². The molecule has 1 aromatic heterocycles. The lowest BCUT2D eigenvalue weighted by molar-refractivity contribution is -0.119. The van der Waals surface area contributed by atoms with Crippen LogP contribution in [0.1, 0.15) is 51.9 Å². The van der Waals surface area contributed by atoms with E-state index in [1.165, 1.54) is 12.1 Å². The van der Waals surface area contributed by atoms with Gasteiger partial charge in [0.2, 0.25) is 5.91 Å². The number of aromatic nitrogens is 2. The van der Waals surface area contributed by atoms with Gasteiger partial charge in [-0.1, -0.05) is 6.07 Å². The maximum Gasteiger partial charge on any atom is 0.253 e. The van der Waals surface area contributed by atoms with Crippen molar-refractivity contribution in [3.8, 4) is 0 Å². The average Bonchev–Trinajstić information content (AvgIpc) is 2.69. The van der Waals surface area contributed by atoms with E-state index in [9.17, 15) is 14.0 Å². The summed E-state index contributed by atoms with van der Waals surface area (Å²) in [6.07, 6.45) is 1.98. The van der Waals surface area contributed by atoms with Crippen LogP contribution in [0.2, 0.25) is 0 Å². The van der Waals surface area contributed by atoms with Crippen molar-refractivity contribution in [3.05, 3.63) is 58.4 Å². The Morgan fingerprint density at radius 3 is 2.61 bits per heavy atom. The fourth-order valence-electron chi connectivity index (χ4n) is 3.63. The summed E-state index contributed by atoms with van der Waals surface area (Å²) in [4.78, 5) is 35.5.